The second-order valence-electron chi connectivity index (χ2n) is 6.41. The molecule has 1 aliphatic heterocycles. The zero-order valence-electron chi connectivity index (χ0n) is 13.0. The molecule has 5 nitrogen and oxygen atoms in total. The molecule has 0 bridgehead atoms. The Morgan fingerprint density at radius 1 is 1.45 bits per heavy atom. The lowest BCUT2D eigenvalue weighted by Crippen LogP contribution is -2.52. The van der Waals surface area contributed by atoms with Gasteiger partial charge in [-0.1, -0.05) is 34.6 Å². The Morgan fingerprint density at radius 2 is 2.05 bits per heavy atom. The molecule has 2 atom stereocenters. The lowest BCUT2D eigenvalue weighted by atomic mass is 9.90. The molecule has 0 aromatic heterocycles. The van der Waals surface area contributed by atoms with Crippen LogP contribution in [0.1, 0.15) is 41.0 Å². The monoisotopic (exact) mass is 302 g/mol. The molecule has 2 unspecified atom stereocenters. The second kappa shape index (κ2) is 6.70. The molecule has 1 aliphatic rings. The fourth-order valence-corrected chi connectivity index (χ4v) is 3.49. The van der Waals surface area contributed by atoms with Crippen molar-refractivity contribution in [2.24, 2.45) is 11.3 Å². The first-order valence-corrected chi connectivity index (χ1v) is 8.15. The van der Waals surface area contributed by atoms with Crippen LogP contribution in [0.4, 0.5) is 4.79 Å². The van der Waals surface area contributed by atoms with Gasteiger partial charge in [-0.15, -0.1) is 11.8 Å². The highest BCUT2D eigenvalue weighted by Gasteiger charge is 2.43. The van der Waals surface area contributed by atoms with Gasteiger partial charge < -0.3 is 10.4 Å². The van der Waals surface area contributed by atoms with Crippen molar-refractivity contribution in [2.75, 3.05) is 12.3 Å². The fraction of sp³-hybridized carbons (Fsp3) is 0.857. The number of amides is 2. The number of thioether (sulfide) groups is 1. The van der Waals surface area contributed by atoms with Crippen LogP contribution in [0.25, 0.3) is 0 Å². The van der Waals surface area contributed by atoms with Gasteiger partial charge in [0, 0.05) is 12.3 Å². The van der Waals surface area contributed by atoms with E-state index in [0.29, 0.717) is 12.3 Å². The largest absolute Gasteiger partial charge is 0.480 e. The summed E-state index contributed by atoms with van der Waals surface area (Å²) >= 11 is 1.55. The second-order valence-corrected chi connectivity index (χ2v) is 7.56. The molecular weight excluding hydrogens is 276 g/mol. The van der Waals surface area contributed by atoms with Crippen molar-refractivity contribution in [1.82, 2.24) is 10.2 Å². The van der Waals surface area contributed by atoms with E-state index in [1.807, 2.05) is 13.8 Å². The van der Waals surface area contributed by atoms with E-state index in [1.165, 1.54) is 4.90 Å². The summed E-state index contributed by atoms with van der Waals surface area (Å²) in [4.78, 5) is 25.2. The van der Waals surface area contributed by atoms with Gasteiger partial charge in [0.05, 0.1) is 5.37 Å². The standard InChI is InChI=1S/C14H26N2O3S/c1-6-14(4,5)8-15-13(19)16-10(12(17)18)7-20-11(16)9(2)3/h9-11H,6-8H2,1-5H3,(H,15,19)(H,17,18). The first kappa shape index (κ1) is 17.1. The Hall–Kier alpha value is -0.910. The van der Waals surface area contributed by atoms with Crippen molar-refractivity contribution in [3.63, 3.8) is 0 Å². The van der Waals surface area contributed by atoms with Gasteiger partial charge in [-0.05, 0) is 17.8 Å². The number of nitrogens with one attached hydrogen (secondary N) is 1. The van der Waals surface area contributed by atoms with Gasteiger partial charge in [0.2, 0.25) is 0 Å². The molecule has 1 saturated heterocycles. The Bertz CT molecular complexity index is 371. The van der Waals surface area contributed by atoms with Crippen LogP contribution in [0.5, 0.6) is 0 Å². The molecule has 0 aromatic rings. The van der Waals surface area contributed by atoms with Crippen molar-refractivity contribution in [1.29, 1.82) is 0 Å². The Kier molecular flexibility index (Phi) is 5.74. The van der Waals surface area contributed by atoms with Crippen molar-refractivity contribution in [3.05, 3.63) is 0 Å². The first-order chi connectivity index (χ1) is 9.19. The maximum absolute atomic E-state index is 12.4. The van der Waals surface area contributed by atoms with Crippen LogP contribution in [0, 0.1) is 11.3 Å². The molecule has 0 aromatic carbocycles. The number of aliphatic carboxylic acids is 1. The van der Waals surface area contributed by atoms with Crippen LogP contribution < -0.4 is 5.32 Å². The maximum atomic E-state index is 12.4. The van der Waals surface area contributed by atoms with Crippen LogP contribution in [0.15, 0.2) is 0 Å². The third-order valence-electron chi connectivity index (χ3n) is 3.80. The minimum absolute atomic E-state index is 0.0224. The topological polar surface area (TPSA) is 69.6 Å². The highest BCUT2D eigenvalue weighted by Crippen LogP contribution is 2.34. The minimum atomic E-state index is -0.925. The molecule has 1 fully saturated rings. The quantitative estimate of drug-likeness (QED) is 0.819. The lowest BCUT2D eigenvalue weighted by molar-refractivity contribution is -0.141. The molecule has 116 valence electrons. The molecule has 1 rings (SSSR count). The van der Waals surface area contributed by atoms with Crippen molar-refractivity contribution in [3.8, 4) is 0 Å². The van der Waals surface area contributed by atoms with Gasteiger partial charge >= 0.3 is 12.0 Å². The predicted molar refractivity (Wildman–Crippen MR) is 81.8 cm³/mol. The van der Waals surface area contributed by atoms with Crippen LogP contribution in [-0.4, -0.2) is 45.7 Å². The van der Waals surface area contributed by atoms with E-state index in [9.17, 15) is 14.7 Å². The summed E-state index contributed by atoms with van der Waals surface area (Å²) < 4.78 is 0. The van der Waals surface area contributed by atoms with E-state index >= 15 is 0 Å². The van der Waals surface area contributed by atoms with E-state index in [0.717, 1.165) is 6.42 Å². The molecule has 0 aliphatic carbocycles. The third-order valence-corrected chi connectivity index (χ3v) is 5.42. The number of rotatable bonds is 5. The smallest absolute Gasteiger partial charge is 0.327 e. The number of nitrogens with zero attached hydrogens (tertiary/aromatic N) is 1. The van der Waals surface area contributed by atoms with Gasteiger partial charge in [0.1, 0.15) is 6.04 Å². The number of carbonyl (C=O) groups excluding carboxylic acids is 1. The number of carboxylic acid groups (broad SMARTS) is 1. The molecular formula is C14H26N2O3S. The summed E-state index contributed by atoms with van der Waals surface area (Å²) in [6.45, 7) is 10.8. The number of carbonyl (C=O) groups is 2. The maximum Gasteiger partial charge on any atom is 0.327 e. The van der Waals surface area contributed by atoms with Crippen LogP contribution in [0.2, 0.25) is 0 Å². The van der Waals surface area contributed by atoms with E-state index in [1.54, 1.807) is 11.8 Å². The molecule has 2 amide bonds. The molecule has 6 heteroatoms. The summed E-state index contributed by atoms with van der Waals surface area (Å²) in [6.07, 6.45) is 0.956. The molecule has 0 saturated carbocycles. The summed E-state index contributed by atoms with van der Waals surface area (Å²) in [5, 5.41) is 12.1. The SMILES string of the molecule is CCC(C)(C)CNC(=O)N1C(C(=O)O)CSC1C(C)C. The highest BCUT2D eigenvalue weighted by molar-refractivity contribution is 8.00. The molecule has 0 radical (unpaired) electrons. The minimum Gasteiger partial charge on any atom is -0.480 e. The summed E-state index contributed by atoms with van der Waals surface area (Å²) in [7, 11) is 0. The summed E-state index contributed by atoms with van der Waals surface area (Å²) in [5.74, 6) is -0.234. The van der Waals surface area contributed by atoms with Crippen molar-refractivity contribution >= 4 is 23.8 Å². The summed E-state index contributed by atoms with van der Waals surface area (Å²) in [6, 6.07) is -0.986. The van der Waals surface area contributed by atoms with Crippen LogP contribution >= 0.6 is 11.8 Å². The molecule has 1 heterocycles. The lowest BCUT2D eigenvalue weighted by Gasteiger charge is -2.31. The van der Waals surface area contributed by atoms with Crippen molar-refractivity contribution < 1.29 is 14.7 Å². The average Bonchev–Trinajstić information content (AvgIpc) is 2.81. The Labute approximate surface area is 125 Å². The molecule has 0 spiro atoms. The van der Waals surface area contributed by atoms with Crippen LogP contribution in [-0.2, 0) is 4.79 Å². The number of hydrogen-bond acceptors (Lipinski definition) is 3. The highest BCUT2D eigenvalue weighted by atomic mass is 32.2. The molecule has 2 N–H and O–H groups in total. The first-order valence-electron chi connectivity index (χ1n) is 7.10. The number of urea groups is 1. The predicted octanol–water partition coefficient (Wildman–Crippen LogP) is 2.62. The Balaban J connectivity index is 2.77. The Morgan fingerprint density at radius 3 is 2.50 bits per heavy atom. The summed E-state index contributed by atoms with van der Waals surface area (Å²) in [5.41, 5.74) is 0.0224. The van der Waals surface area contributed by atoms with Crippen LogP contribution in [0.3, 0.4) is 0 Å². The zero-order valence-corrected chi connectivity index (χ0v) is 13.8. The van der Waals surface area contributed by atoms with Gasteiger partial charge in [0.15, 0.2) is 0 Å². The third kappa shape index (κ3) is 4.04. The van der Waals surface area contributed by atoms with Gasteiger partial charge in [-0.3, -0.25) is 4.90 Å². The van der Waals surface area contributed by atoms with E-state index in [4.69, 9.17) is 0 Å². The van der Waals surface area contributed by atoms with E-state index in [2.05, 4.69) is 26.1 Å². The van der Waals surface area contributed by atoms with Gasteiger partial charge in [0.25, 0.3) is 0 Å². The number of carboxylic acids is 1. The zero-order chi connectivity index (χ0) is 15.5. The molecule has 20 heavy (non-hydrogen) atoms. The van der Waals surface area contributed by atoms with E-state index < -0.39 is 12.0 Å². The normalized spacial score (nSPS) is 23.2. The van der Waals surface area contributed by atoms with Crippen molar-refractivity contribution in [2.45, 2.75) is 52.5 Å². The number of hydrogen-bond donors (Lipinski definition) is 2. The fourth-order valence-electron chi connectivity index (χ4n) is 2.02. The van der Waals surface area contributed by atoms with E-state index in [-0.39, 0.29) is 22.7 Å². The van der Waals surface area contributed by atoms with Gasteiger partial charge in [-0.25, -0.2) is 9.59 Å². The average molecular weight is 302 g/mol. The van der Waals surface area contributed by atoms with Gasteiger partial charge in [-0.2, -0.15) is 0 Å².